The second-order valence-electron chi connectivity index (χ2n) is 3.47. The van der Waals surface area contributed by atoms with Gasteiger partial charge in [-0.1, -0.05) is 25.6 Å². The first kappa shape index (κ1) is 12.6. The maximum Gasteiger partial charge on any atom is 0.234 e. The molecule has 1 aromatic heterocycles. The topological polar surface area (TPSA) is 68.0 Å². The molecule has 3 N–H and O–H groups in total. The Kier molecular flexibility index (Phi) is 4.85. The maximum atomic E-state index is 11.8. The van der Waals surface area contributed by atoms with Gasteiger partial charge < -0.3 is 11.1 Å². The van der Waals surface area contributed by atoms with E-state index in [4.69, 9.17) is 18.0 Å². The van der Waals surface area contributed by atoms with Gasteiger partial charge in [0.25, 0.3) is 0 Å². The van der Waals surface area contributed by atoms with Gasteiger partial charge in [0.2, 0.25) is 5.91 Å². The molecular weight excluding hydrogens is 222 g/mol. The molecule has 0 aromatic carbocycles. The van der Waals surface area contributed by atoms with Gasteiger partial charge in [0.05, 0.1) is 22.8 Å². The van der Waals surface area contributed by atoms with E-state index in [0.717, 1.165) is 6.42 Å². The van der Waals surface area contributed by atoms with Gasteiger partial charge in [0, 0.05) is 6.20 Å². The summed E-state index contributed by atoms with van der Waals surface area (Å²) in [5.41, 5.74) is 6.19. The molecule has 1 unspecified atom stereocenters. The summed E-state index contributed by atoms with van der Waals surface area (Å²) < 4.78 is 0. The van der Waals surface area contributed by atoms with E-state index in [9.17, 15) is 4.79 Å². The van der Waals surface area contributed by atoms with E-state index in [1.54, 1.807) is 24.5 Å². The van der Waals surface area contributed by atoms with Crippen molar-refractivity contribution >= 4 is 28.8 Å². The van der Waals surface area contributed by atoms with Crippen molar-refractivity contribution in [1.29, 1.82) is 0 Å². The average molecular weight is 237 g/mol. The van der Waals surface area contributed by atoms with Crippen LogP contribution < -0.4 is 11.1 Å². The van der Waals surface area contributed by atoms with Crippen LogP contribution in [0, 0.1) is 5.92 Å². The molecule has 0 aliphatic carbocycles. The molecule has 4 nitrogen and oxygen atoms in total. The van der Waals surface area contributed by atoms with Gasteiger partial charge in [0.1, 0.15) is 0 Å². The molecule has 0 radical (unpaired) electrons. The minimum Gasteiger partial charge on any atom is -0.393 e. The average Bonchev–Trinajstić information content (AvgIpc) is 2.26. The van der Waals surface area contributed by atoms with Crippen LogP contribution in [0.25, 0.3) is 0 Å². The molecule has 1 heterocycles. The van der Waals surface area contributed by atoms with E-state index in [1.807, 2.05) is 6.92 Å². The van der Waals surface area contributed by atoms with E-state index in [2.05, 4.69) is 10.3 Å². The summed E-state index contributed by atoms with van der Waals surface area (Å²) in [6, 6.07) is 3.53. The molecular formula is C11H15N3OS. The van der Waals surface area contributed by atoms with Crippen molar-refractivity contribution in [1.82, 2.24) is 4.98 Å². The highest BCUT2D eigenvalue weighted by Gasteiger charge is 2.20. The standard InChI is InChI=1S/C11H15N3OS/c1-2-4-9(10(12)16)11(15)14-8-5-3-6-13-7-8/h3,5-7,9H,2,4H2,1H3,(H2,12,16)(H,14,15). The van der Waals surface area contributed by atoms with Crippen LogP contribution in [0.3, 0.4) is 0 Å². The fraction of sp³-hybridized carbons (Fsp3) is 0.364. The molecule has 0 aliphatic heterocycles. The number of hydrogen-bond donors (Lipinski definition) is 2. The summed E-state index contributed by atoms with van der Waals surface area (Å²) in [7, 11) is 0. The van der Waals surface area contributed by atoms with E-state index >= 15 is 0 Å². The quantitative estimate of drug-likeness (QED) is 0.765. The number of hydrogen-bond acceptors (Lipinski definition) is 3. The number of thiocarbonyl (C=S) groups is 1. The lowest BCUT2D eigenvalue weighted by molar-refractivity contribution is -0.118. The smallest absolute Gasteiger partial charge is 0.234 e. The summed E-state index contributed by atoms with van der Waals surface area (Å²) in [5, 5.41) is 2.74. The summed E-state index contributed by atoms with van der Waals surface area (Å²) >= 11 is 4.88. The third-order valence-corrected chi connectivity index (χ3v) is 2.45. The van der Waals surface area contributed by atoms with Crippen molar-refractivity contribution in [2.75, 3.05) is 5.32 Å². The van der Waals surface area contributed by atoms with Gasteiger partial charge in [-0.3, -0.25) is 9.78 Å². The fourth-order valence-electron chi connectivity index (χ4n) is 1.36. The lowest BCUT2D eigenvalue weighted by Gasteiger charge is -2.14. The minimum absolute atomic E-state index is 0.164. The number of rotatable bonds is 5. The van der Waals surface area contributed by atoms with Gasteiger partial charge in [-0.15, -0.1) is 0 Å². The van der Waals surface area contributed by atoms with Crippen LogP contribution in [0.15, 0.2) is 24.5 Å². The van der Waals surface area contributed by atoms with E-state index < -0.39 is 5.92 Å². The zero-order valence-electron chi connectivity index (χ0n) is 9.14. The third kappa shape index (κ3) is 3.58. The molecule has 0 bridgehead atoms. The number of pyridine rings is 1. The molecule has 0 fully saturated rings. The molecule has 1 amide bonds. The van der Waals surface area contributed by atoms with Gasteiger partial charge in [-0.05, 0) is 18.6 Å². The second-order valence-corrected chi connectivity index (χ2v) is 3.95. The molecule has 1 rings (SSSR count). The molecule has 5 heteroatoms. The maximum absolute atomic E-state index is 11.8. The van der Waals surface area contributed by atoms with Crippen LogP contribution in [0.2, 0.25) is 0 Å². The van der Waals surface area contributed by atoms with Crippen molar-refractivity contribution in [2.45, 2.75) is 19.8 Å². The predicted octanol–water partition coefficient (Wildman–Crippen LogP) is 1.72. The Labute approximate surface area is 100 Å². The lowest BCUT2D eigenvalue weighted by atomic mass is 10.0. The Bertz CT molecular complexity index is 367. The van der Waals surface area contributed by atoms with Crippen molar-refractivity contribution in [3.63, 3.8) is 0 Å². The second kappa shape index (κ2) is 6.17. The number of nitrogens with one attached hydrogen (secondary N) is 1. The van der Waals surface area contributed by atoms with Crippen LogP contribution in [0.4, 0.5) is 5.69 Å². The van der Waals surface area contributed by atoms with Gasteiger partial charge in [0.15, 0.2) is 0 Å². The van der Waals surface area contributed by atoms with Crippen LogP contribution in [0.1, 0.15) is 19.8 Å². The molecule has 0 saturated heterocycles. The summed E-state index contributed by atoms with van der Waals surface area (Å²) in [4.78, 5) is 16.0. The largest absolute Gasteiger partial charge is 0.393 e. The summed E-state index contributed by atoms with van der Waals surface area (Å²) in [6.45, 7) is 1.99. The van der Waals surface area contributed by atoms with Crippen molar-refractivity contribution < 1.29 is 4.79 Å². The first-order valence-corrected chi connectivity index (χ1v) is 5.56. The van der Waals surface area contributed by atoms with E-state index in [1.165, 1.54) is 0 Å². The monoisotopic (exact) mass is 237 g/mol. The van der Waals surface area contributed by atoms with Crippen LogP contribution >= 0.6 is 12.2 Å². The SMILES string of the molecule is CCCC(C(=O)Nc1cccnc1)C(N)=S. The Morgan fingerprint density at radius 3 is 2.94 bits per heavy atom. The zero-order valence-corrected chi connectivity index (χ0v) is 9.96. The van der Waals surface area contributed by atoms with Gasteiger partial charge >= 0.3 is 0 Å². The van der Waals surface area contributed by atoms with Crippen LogP contribution in [-0.4, -0.2) is 15.9 Å². The van der Waals surface area contributed by atoms with Gasteiger partial charge in [-0.2, -0.15) is 0 Å². The highest BCUT2D eigenvalue weighted by atomic mass is 32.1. The molecule has 0 saturated carbocycles. The lowest BCUT2D eigenvalue weighted by Crippen LogP contribution is -2.33. The number of nitrogens with two attached hydrogens (primary N) is 1. The number of anilines is 1. The summed E-state index contributed by atoms with van der Waals surface area (Å²) in [6.07, 6.45) is 4.76. The Hall–Kier alpha value is -1.49. The molecule has 1 atom stereocenters. The summed E-state index contributed by atoms with van der Waals surface area (Å²) in [5.74, 6) is -0.567. The number of carbonyl (C=O) groups excluding carboxylic acids is 1. The Morgan fingerprint density at radius 1 is 1.69 bits per heavy atom. The first-order chi connectivity index (χ1) is 7.65. The van der Waals surface area contributed by atoms with E-state index in [0.29, 0.717) is 12.1 Å². The molecule has 1 aromatic rings. The first-order valence-electron chi connectivity index (χ1n) is 5.15. The Balaban J connectivity index is 2.66. The molecule has 16 heavy (non-hydrogen) atoms. The normalized spacial score (nSPS) is 11.8. The number of carbonyl (C=O) groups is 1. The predicted molar refractivity (Wildman–Crippen MR) is 68.1 cm³/mol. The number of nitrogens with zero attached hydrogens (tertiary/aromatic N) is 1. The third-order valence-electron chi connectivity index (χ3n) is 2.17. The highest BCUT2D eigenvalue weighted by molar-refractivity contribution is 7.80. The number of aromatic nitrogens is 1. The van der Waals surface area contributed by atoms with Gasteiger partial charge in [-0.25, -0.2) is 0 Å². The molecule has 0 aliphatic rings. The number of amides is 1. The van der Waals surface area contributed by atoms with E-state index in [-0.39, 0.29) is 10.9 Å². The Morgan fingerprint density at radius 2 is 2.44 bits per heavy atom. The van der Waals surface area contributed by atoms with Crippen LogP contribution in [0.5, 0.6) is 0 Å². The van der Waals surface area contributed by atoms with Crippen molar-refractivity contribution in [2.24, 2.45) is 11.7 Å². The highest BCUT2D eigenvalue weighted by Crippen LogP contribution is 2.11. The fourth-order valence-corrected chi connectivity index (χ4v) is 1.58. The molecule has 0 spiro atoms. The minimum atomic E-state index is -0.403. The zero-order chi connectivity index (χ0) is 12.0. The van der Waals surface area contributed by atoms with Crippen molar-refractivity contribution in [3.8, 4) is 0 Å². The van der Waals surface area contributed by atoms with Crippen molar-refractivity contribution in [3.05, 3.63) is 24.5 Å². The van der Waals surface area contributed by atoms with Crippen LogP contribution in [-0.2, 0) is 4.79 Å². The molecule has 86 valence electrons.